The van der Waals surface area contributed by atoms with Gasteiger partial charge in [0, 0.05) is 5.56 Å². The van der Waals surface area contributed by atoms with Gasteiger partial charge in [0.15, 0.2) is 6.40 Å². The summed E-state index contributed by atoms with van der Waals surface area (Å²) in [7, 11) is 1.25. The number of benzene rings is 1. The molecule has 5 heteroatoms. The van der Waals surface area contributed by atoms with Crippen LogP contribution in [0.2, 0.25) is 0 Å². The fraction of sp³-hybridized carbons (Fsp3) is 0.250. The average molecular weight is 230 g/mol. The molecule has 0 aromatic heterocycles. The predicted octanol–water partition coefficient (Wildman–Crippen LogP) is 1.01. The molecule has 0 fully saturated rings. The first kappa shape index (κ1) is 11.1. The summed E-state index contributed by atoms with van der Waals surface area (Å²) in [4.78, 5) is 15.5. The zero-order valence-electron chi connectivity index (χ0n) is 9.16. The van der Waals surface area contributed by atoms with Crippen molar-refractivity contribution in [3.63, 3.8) is 0 Å². The number of ether oxygens (including phenoxy) is 2. The first-order valence-electron chi connectivity index (χ1n) is 4.98. The lowest BCUT2D eigenvalue weighted by molar-refractivity contribution is -0.145. The van der Waals surface area contributed by atoms with Gasteiger partial charge in [-0.05, 0) is 0 Å². The number of hydrogen-bond acceptors (Lipinski definition) is 5. The molecule has 5 nitrogen and oxygen atoms in total. The summed E-state index contributed by atoms with van der Waals surface area (Å²) in [5, 5.41) is 9.32. The summed E-state index contributed by atoms with van der Waals surface area (Å²) in [6.45, 7) is 0. The first-order valence-corrected chi connectivity index (χ1v) is 4.98. The molecule has 2 rings (SSSR count). The van der Waals surface area contributed by atoms with Crippen LogP contribution in [0, 0.1) is 11.3 Å². The third-order valence-corrected chi connectivity index (χ3v) is 2.63. The van der Waals surface area contributed by atoms with Crippen molar-refractivity contribution in [3.05, 3.63) is 35.9 Å². The lowest BCUT2D eigenvalue weighted by atomic mass is 9.88. The molecule has 1 aliphatic rings. The smallest absolute Gasteiger partial charge is 0.336 e. The molecule has 2 atom stereocenters. The van der Waals surface area contributed by atoms with Gasteiger partial charge in [0.1, 0.15) is 6.07 Å². The Bertz CT molecular complexity index is 492. The Hall–Kier alpha value is -2.35. The molecule has 0 amide bonds. The van der Waals surface area contributed by atoms with Crippen LogP contribution in [-0.2, 0) is 19.9 Å². The van der Waals surface area contributed by atoms with Crippen molar-refractivity contribution in [2.75, 3.05) is 7.11 Å². The molecule has 17 heavy (non-hydrogen) atoms. The van der Waals surface area contributed by atoms with Crippen LogP contribution >= 0.6 is 0 Å². The van der Waals surface area contributed by atoms with Crippen molar-refractivity contribution in [2.45, 2.75) is 11.6 Å². The number of rotatable bonds is 2. The average Bonchev–Trinajstić information content (AvgIpc) is 2.84. The van der Waals surface area contributed by atoms with Crippen LogP contribution in [0.3, 0.4) is 0 Å². The van der Waals surface area contributed by atoms with E-state index in [1.165, 1.54) is 7.11 Å². The number of carbonyl (C=O) groups excluding carboxylic acids is 1. The fourth-order valence-electron chi connectivity index (χ4n) is 1.75. The summed E-state index contributed by atoms with van der Waals surface area (Å²) < 4.78 is 9.89. The second-order valence-corrected chi connectivity index (χ2v) is 3.51. The molecule has 1 heterocycles. The van der Waals surface area contributed by atoms with Crippen molar-refractivity contribution >= 4 is 12.4 Å². The summed E-state index contributed by atoms with van der Waals surface area (Å²) >= 11 is 0. The molecule has 0 aliphatic carbocycles. The third kappa shape index (κ3) is 1.64. The van der Waals surface area contributed by atoms with E-state index < -0.39 is 17.6 Å². The van der Waals surface area contributed by atoms with Crippen LogP contribution in [0.15, 0.2) is 35.3 Å². The molecule has 0 spiro atoms. The molecule has 0 saturated carbocycles. The second-order valence-electron chi connectivity index (χ2n) is 3.51. The number of methoxy groups -OCH3 is 1. The number of nitrogens with zero attached hydrogens (tertiary/aromatic N) is 2. The Morgan fingerprint density at radius 1 is 1.53 bits per heavy atom. The van der Waals surface area contributed by atoms with Crippen molar-refractivity contribution in [1.29, 1.82) is 5.26 Å². The molecule has 0 unspecified atom stereocenters. The van der Waals surface area contributed by atoms with Gasteiger partial charge in [0.2, 0.25) is 6.04 Å². The van der Waals surface area contributed by atoms with Crippen LogP contribution in [-0.4, -0.2) is 25.5 Å². The maximum atomic E-state index is 11.6. The molecule has 0 saturated heterocycles. The number of aliphatic imine (C=N–C) groups is 1. The lowest BCUT2D eigenvalue weighted by Crippen LogP contribution is -2.41. The topological polar surface area (TPSA) is 71.7 Å². The van der Waals surface area contributed by atoms with E-state index in [2.05, 4.69) is 9.73 Å². The predicted molar refractivity (Wildman–Crippen MR) is 59.1 cm³/mol. The minimum Gasteiger partial charge on any atom is -0.467 e. The summed E-state index contributed by atoms with van der Waals surface area (Å²) in [6.07, 6.45) is 1.12. The normalized spacial score (nSPS) is 26.0. The highest BCUT2D eigenvalue weighted by atomic mass is 16.5. The van der Waals surface area contributed by atoms with Gasteiger partial charge in [-0.2, -0.15) is 5.26 Å². The molecule has 1 aliphatic heterocycles. The summed E-state index contributed by atoms with van der Waals surface area (Å²) in [5.74, 6) is -0.593. The van der Waals surface area contributed by atoms with E-state index in [0.717, 1.165) is 6.40 Å². The molecule has 0 N–H and O–H groups in total. The monoisotopic (exact) mass is 230 g/mol. The molecule has 1 aromatic rings. The molecular weight excluding hydrogens is 220 g/mol. The summed E-state index contributed by atoms with van der Waals surface area (Å²) in [6, 6.07) is 9.81. The van der Waals surface area contributed by atoms with Crippen LogP contribution in [0.5, 0.6) is 0 Å². The number of esters is 1. The number of nitriles is 1. The van der Waals surface area contributed by atoms with Gasteiger partial charge in [-0.15, -0.1) is 0 Å². The van der Waals surface area contributed by atoms with E-state index >= 15 is 0 Å². The molecule has 86 valence electrons. The molecule has 0 bridgehead atoms. The quantitative estimate of drug-likeness (QED) is 0.711. The van der Waals surface area contributed by atoms with Gasteiger partial charge < -0.3 is 9.47 Å². The van der Waals surface area contributed by atoms with Crippen LogP contribution in [0.1, 0.15) is 5.56 Å². The highest BCUT2D eigenvalue weighted by molar-refractivity contribution is 5.82. The Morgan fingerprint density at radius 3 is 2.82 bits per heavy atom. The van der Waals surface area contributed by atoms with Gasteiger partial charge in [0.25, 0.3) is 5.60 Å². The van der Waals surface area contributed by atoms with Gasteiger partial charge in [-0.1, -0.05) is 30.3 Å². The van der Waals surface area contributed by atoms with E-state index in [4.69, 9.17) is 4.74 Å². The van der Waals surface area contributed by atoms with Gasteiger partial charge >= 0.3 is 5.97 Å². The fourth-order valence-corrected chi connectivity index (χ4v) is 1.75. The largest absolute Gasteiger partial charge is 0.467 e. The maximum Gasteiger partial charge on any atom is 0.336 e. The molecular formula is C12H10N2O3. The Balaban J connectivity index is 2.46. The lowest BCUT2D eigenvalue weighted by Gasteiger charge is -2.24. The zero-order valence-corrected chi connectivity index (χ0v) is 9.16. The molecule has 1 aromatic carbocycles. The minimum absolute atomic E-state index is 0.579. The van der Waals surface area contributed by atoms with Gasteiger partial charge in [-0.25, -0.2) is 9.79 Å². The summed E-state index contributed by atoms with van der Waals surface area (Å²) in [5.41, 5.74) is -0.843. The minimum atomic E-state index is -1.42. The van der Waals surface area contributed by atoms with E-state index in [0.29, 0.717) is 5.56 Å². The third-order valence-electron chi connectivity index (χ3n) is 2.63. The van der Waals surface area contributed by atoms with E-state index in [1.807, 2.05) is 12.1 Å². The number of hydrogen-bond donors (Lipinski definition) is 0. The Kier molecular flexibility index (Phi) is 2.79. The number of carbonyl (C=O) groups is 1. The zero-order chi connectivity index (χ0) is 12.3. The van der Waals surface area contributed by atoms with Crippen LogP contribution in [0.4, 0.5) is 0 Å². The van der Waals surface area contributed by atoms with Crippen molar-refractivity contribution in [2.24, 2.45) is 4.99 Å². The van der Waals surface area contributed by atoms with Gasteiger partial charge in [0.05, 0.1) is 7.11 Å². The SMILES string of the molecule is COC(=O)[C@@H]1N=CO[C@]1(C#N)c1ccccc1. The van der Waals surface area contributed by atoms with Crippen molar-refractivity contribution < 1.29 is 14.3 Å². The maximum absolute atomic E-state index is 11.6. The van der Waals surface area contributed by atoms with Gasteiger partial charge in [-0.3, -0.25) is 0 Å². The van der Waals surface area contributed by atoms with E-state index in [-0.39, 0.29) is 0 Å². The van der Waals surface area contributed by atoms with E-state index in [9.17, 15) is 10.1 Å². The Morgan fingerprint density at radius 2 is 2.24 bits per heavy atom. The van der Waals surface area contributed by atoms with Crippen molar-refractivity contribution in [1.82, 2.24) is 0 Å². The van der Waals surface area contributed by atoms with E-state index in [1.54, 1.807) is 24.3 Å². The first-order chi connectivity index (χ1) is 8.24. The highest BCUT2D eigenvalue weighted by Gasteiger charge is 2.51. The highest BCUT2D eigenvalue weighted by Crippen LogP contribution is 2.34. The van der Waals surface area contributed by atoms with Crippen LogP contribution < -0.4 is 0 Å². The standard InChI is InChI=1S/C12H10N2O3/c1-16-11(15)10-12(7-13,17-8-14-10)9-5-3-2-4-6-9/h2-6,8,10H,1H3/t10-,12+/m0/s1. The van der Waals surface area contributed by atoms with Crippen molar-refractivity contribution in [3.8, 4) is 6.07 Å². The molecule has 0 radical (unpaired) electrons. The Labute approximate surface area is 98.3 Å². The van der Waals surface area contributed by atoms with Crippen LogP contribution in [0.25, 0.3) is 0 Å². The second kappa shape index (κ2) is 4.26.